The maximum atomic E-state index is 12.5. The van der Waals surface area contributed by atoms with E-state index in [9.17, 15) is 18.0 Å². The van der Waals surface area contributed by atoms with Gasteiger partial charge in [-0.1, -0.05) is 6.58 Å². The predicted molar refractivity (Wildman–Crippen MR) is 66.1 cm³/mol. The van der Waals surface area contributed by atoms with Gasteiger partial charge < -0.3 is 10.1 Å². The Kier molecular flexibility index (Phi) is 3.80. The van der Waals surface area contributed by atoms with Crippen LogP contribution in [0.15, 0.2) is 18.7 Å². The number of ether oxygens (including phenoxy) is 1. The fraction of sp³-hybridized carbons (Fsp3) is 0.385. The molecule has 7 heteroatoms. The summed E-state index contributed by atoms with van der Waals surface area (Å²) in [6.45, 7) is 3.80. The van der Waals surface area contributed by atoms with Crippen molar-refractivity contribution in [3.8, 4) is 5.88 Å². The topological polar surface area (TPSA) is 51.2 Å². The van der Waals surface area contributed by atoms with E-state index in [2.05, 4.69) is 16.9 Å². The van der Waals surface area contributed by atoms with Gasteiger partial charge in [-0.3, -0.25) is 4.79 Å². The van der Waals surface area contributed by atoms with Gasteiger partial charge in [0.05, 0.1) is 18.8 Å². The van der Waals surface area contributed by atoms with Gasteiger partial charge in [-0.25, -0.2) is 4.98 Å². The number of rotatable bonds is 2. The molecule has 1 aromatic rings. The van der Waals surface area contributed by atoms with Crippen LogP contribution in [0.2, 0.25) is 0 Å². The number of hydrogen-bond acceptors (Lipinski definition) is 4. The summed E-state index contributed by atoms with van der Waals surface area (Å²) >= 11 is 0. The third kappa shape index (κ3) is 2.82. The van der Waals surface area contributed by atoms with Crippen LogP contribution < -0.4 is 10.1 Å². The molecule has 0 radical (unpaired) electrons. The van der Waals surface area contributed by atoms with Gasteiger partial charge in [0, 0.05) is 18.2 Å². The summed E-state index contributed by atoms with van der Waals surface area (Å²) in [7, 11) is 1.45. The zero-order valence-electron chi connectivity index (χ0n) is 10.8. The molecule has 1 aliphatic rings. The number of pyridine rings is 1. The molecule has 4 nitrogen and oxygen atoms in total. The smallest absolute Gasteiger partial charge is 0.451 e. The lowest BCUT2D eigenvalue weighted by Crippen LogP contribution is -2.43. The molecule has 20 heavy (non-hydrogen) atoms. The fourth-order valence-electron chi connectivity index (χ4n) is 2.08. The van der Waals surface area contributed by atoms with E-state index in [0.717, 1.165) is 0 Å². The summed E-state index contributed by atoms with van der Waals surface area (Å²) in [6.07, 6.45) is -4.96. The molecular weight excluding hydrogens is 273 g/mol. The highest BCUT2D eigenvalue weighted by atomic mass is 19.4. The van der Waals surface area contributed by atoms with Crippen molar-refractivity contribution >= 4 is 11.4 Å². The highest BCUT2D eigenvalue weighted by Crippen LogP contribution is 2.29. The van der Waals surface area contributed by atoms with Gasteiger partial charge in [0.25, 0.3) is 5.78 Å². The number of methoxy groups -OCH3 is 1. The number of halogens is 3. The molecule has 0 amide bonds. The van der Waals surface area contributed by atoms with Crippen LogP contribution in [0.25, 0.3) is 5.57 Å². The van der Waals surface area contributed by atoms with Crippen molar-refractivity contribution in [1.29, 1.82) is 0 Å². The predicted octanol–water partition coefficient (Wildman–Crippen LogP) is 2.10. The Morgan fingerprint density at radius 3 is 2.80 bits per heavy atom. The first-order valence-electron chi connectivity index (χ1n) is 5.89. The molecule has 1 unspecified atom stereocenters. The van der Waals surface area contributed by atoms with Crippen LogP contribution in [0.1, 0.15) is 17.7 Å². The zero-order chi connectivity index (χ0) is 14.9. The summed E-state index contributed by atoms with van der Waals surface area (Å²) in [4.78, 5) is 15.5. The number of nitrogens with zero attached hydrogens (tertiary/aromatic N) is 1. The number of carbonyl (C=O) groups is 1. The van der Waals surface area contributed by atoms with Crippen LogP contribution in [0.4, 0.5) is 13.2 Å². The molecule has 2 rings (SSSR count). The Hall–Kier alpha value is -1.89. The van der Waals surface area contributed by atoms with Crippen LogP contribution >= 0.6 is 0 Å². The molecule has 0 fully saturated rings. The molecule has 2 heterocycles. The SMILES string of the molecule is C=C1CC(C(=O)C(F)(F)F)NCc2nc(OC)ccc21. The van der Waals surface area contributed by atoms with E-state index in [0.29, 0.717) is 22.7 Å². The third-order valence-electron chi connectivity index (χ3n) is 3.10. The molecule has 0 bridgehead atoms. The minimum atomic E-state index is -4.86. The van der Waals surface area contributed by atoms with Gasteiger partial charge in [0.1, 0.15) is 0 Å². The van der Waals surface area contributed by atoms with Gasteiger partial charge >= 0.3 is 6.18 Å². The number of hydrogen-bond donors (Lipinski definition) is 1. The highest BCUT2D eigenvalue weighted by Gasteiger charge is 2.43. The number of fused-ring (bicyclic) bond motifs is 1. The zero-order valence-corrected chi connectivity index (χ0v) is 10.8. The average molecular weight is 286 g/mol. The number of ketones is 1. The number of alkyl halides is 3. The van der Waals surface area contributed by atoms with Crippen LogP contribution in [-0.2, 0) is 11.3 Å². The first kappa shape index (κ1) is 14.5. The van der Waals surface area contributed by atoms with Crippen molar-refractivity contribution in [2.24, 2.45) is 0 Å². The van der Waals surface area contributed by atoms with E-state index in [1.165, 1.54) is 7.11 Å². The quantitative estimate of drug-likeness (QED) is 0.904. The van der Waals surface area contributed by atoms with E-state index in [1.54, 1.807) is 12.1 Å². The standard InChI is InChI=1S/C13H13F3N2O2/c1-7-5-9(12(19)13(14,15)16)17-6-10-8(7)3-4-11(18-10)20-2/h3-4,9,17H,1,5-6H2,2H3. The summed E-state index contributed by atoms with van der Waals surface area (Å²) < 4.78 is 42.4. The molecule has 0 saturated heterocycles. The van der Waals surface area contributed by atoms with Crippen molar-refractivity contribution in [1.82, 2.24) is 10.3 Å². The largest absolute Gasteiger partial charge is 0.481 e. The van der Waals surface area contributed by atoms with Gasteiger partial charge in [-0.05, 0) is 18.1 Å². The minimum absolute atomic E-state index is 0.0536. The Morgan fingerprint density at radius 2 is 2.20 bits per heavy atom. The lowest BCUT2D eigenvalue weighted by Gasteiger charge is -2.16. The molecule has 1 aliphatic heterocycles. The van der Waals surface area contributed by atoms with Gasteiger partial charge in [0.15, 0.2) is 0 Å². The Labute approximate surface area is 113 Å². The van der Waals surface area contributed by atoms with Crippen molar-refractivity contribution in [3.05, 3.63) is 30.0 Å². The molecule has 0 aromatic carbocycles. The van der Waals surface area contributed by atoms with Crippen molar-refractivity contribution < 1.29 is 22.7 Å². The van der Waals surface area contributed by atoms with Crippen LogP contribution in [0.3, 0.4) is 0 Å². The second-order valence-electron chi connectivity index (χ2n) is 4.45. The first-order chi connectivity index (χ1) is 9.32. The second kappa shape index (κ2) is 5.24. The van der Waals surface area contributed by atoms with Crippen molar-refractivity contribution in [2.45, 2.75) is 25.2 Å². The van der Waals surface area contributed by atoms with E-state index >= 15 is 0 Å². The van der Waals surface area contributed by atoms with Crippen LogP contribution in [-0.4, -0.2) is 30.1 Å². The number of aromatic nitrogens is 1. The third-order valence-corrected chi connectivity index (χ3v) is 3.10. The molecule has 1 atom stereocenters. The molecule has 1 N–H and O–H groups in total. The molecule has 0 saturated carbocycles. The van der Waals surface area contributed by atoms with Gasteiger partial charge in [-0.2, -0.15) is 13.2 Å². The van der Waals surface area contributed by atoms with Gasteiger partial charge in [-0.15, -0.1) is 0 Å². The lowest BCUT2D eigenvalue weighted by atomic mass is 9.99. The average Bonchev–Trinajstić information content (AvgIpc) is 2.56. The van der Waals surface area contributed by atoms with E-state index < -0.39 is 18.0 Å². The van der Waals surface area contributed by atoms with E-state index in [1.807, 2.05) is 0 Å². The monoisotopic (exact) mass is 286 g/mol. The van der Waals surface area contributed by atoms with Gasteiger partial charge in [0.2, 0.25) is 5.88 Å². The highest BCUT2D eigenvalue weighted by molar-refractivity contribution is 5.91. The number of nitrogens with one attached hydrogen (secondary N) is 1. The molecule has 108 valence electrons. The summed E-state index contributed by atoms with van der Waals surface area (Å²) in [5.41, 5.74) is 1.62. The van der Waals surface area contributed by atoms with E-state index in [-0.39, 0.29) is 13.0 Å². The van der Waals surface area contributed by atoms with Crippen molar-refractivity contribution in [2.75, 3.05) is 7.11 Å². The fourth-order valence-corrected chi connectivity index (χ4v) is 2.08. The first-order valence-corrected chi connectivity index (χ1v) is 5.89. The molecular formula is C13H13F3N2O2. The number of Topliss-reactive ketones (excluding diaryl/α,β-unsaturated/α-hetero) is 1. The van der Waals surface area contributed by atoms with Crippen LogP contribution in [0.5, 0.6) is 5.88 Å². The minimum Gasteiger partial charge on any atom is -0.481 e. The second-order valence-corrected chi connectivity index (χ2v) is 4.45. The molecule has 0 aliphatic carbocycles. The van der Waals surface area contributed by atoms with E-state index in [4.69, 9.17) is 4.74 Å². The normalized spacial score (nSPS) is 19.2. The summed E-state index contributed by atoms with van der Waals surface area (Å²) in [5.74, 6) is -1.43. The summed E-state index contributed by atoms with van der Waals surface area (Å²) in [6, 6.07) is 1.96. The van der Waals surface area contributed by atoms with Crippen LogP contribution in [0, 0.1) is 0 Å². The number of carbonyl (C=O) groups excluding carboxylic acids is 1. The summed E-state index contributed by atoms with van der Waals surface area (Å²) in [5, 5.41) is 2.58. The maximum absolute atomic E-state index is 12.5. The maximum Gasteiger partial charge on any atom is 0.451 e. The Bertz CT molecular complexity index is 555. The molecule has 1 aromatic heterocycles. The molecule has 0 spiro atoms. The Morgan fingerprint density at radius 1 is 1.50 bits per heavy atom. The van der Waals surface area contributed by atoms with Crippen molar-refractivity contribution in [3.63, 3.8) is 0 Å². The lowest BCUT2D eigenvalue weighted by molar-refractivity contribution is -0.173. The Balaban J connectivity index is 2.27.